The zero-order valence-corrected chi connectivity index (χ0v) is 13.7. The molecule has 0 aliphatic carbocycles. The van der Waals surface area contributed by atoms with Crippen LogP contribution in [0.5, 0.6) is 0 Å². The van der Waals surface area contributed by atoms with E-state index in [0.717, 1.165) is 5.92 Å². The Bertz CT molecular complexity index is 275. The van der Waals surface area contributed by atoms with Crippen LogP contribution in [-0.4, -0.2) is 86.7 Å². The minimum Gasteiger partial charge on any atom is -0.315 e. The van der Waals surface area contributed by atoms with Gasteiger partial charge in [-0.05, 0) is 77.3 Å². The smallest absolute Gasteiger partial charge is 0.0110 e. The van der Waals surface area contributed by atoms with E-state index >= 15 is 0 Å². The van der Waals surface area contributed by atoms with E-state index in [-0.39, 0.29) is 0 Å². The molecule has 0 saturated carbocycles. The molecular weight excluding hydrogens is 260 g/mol. The highest BCUT2D eigenvalue weighted by atomic mass is 15.2. The Morgan fingerprint density at radius 1 is 0.667 bits per heavy atom. The van der Waals surface area contributed by atoms with E-state index in [1.165, 1.54) is 104 Å². The van der Waals surface area contributed by atoms with Gasteiger partial charge < -0.3 is 20.0 Å². The van der Waals surface area contributed by atoms with Gasteiger partial charge in [-0.25, -0.2) is 0 Å². The minimum absolute atomic E-state index is 0.974. The molecule has 0 amide bonds. The summed E-state index contributed by atoms with van der Waals surface area (Å²) in [6, 6.07) is 0. The predicted molar refractivity (Wildman–Crippen MR) is 88.8 cm³/mol. The SMILES string of the molecule is C1CNCCN(CCN2CCC(CN3CCCC3)CC2)C1. The molecule has 0 unspecified atom stereocenters. The minimum atomic E-state index is 0.974. The van der Waals surface area contributed by atoms with Crippen molar-refractivity contribution in [2.24, 2.45) is 5.92 Å². The Hall–Kier alpha value is -0.160. The topological polar surface area (TPSA) is 21.8 Å². The van der Waals surface area contributed by atoms with Crippen LogP contribution in [0.4, 0.5) is 0 Å². The molecule has 1 N–H and O–H groups in total. The van der Waals surface area contributed by atoms with E-state index in [1.54, 1.807) is 0 Å². The summed E-state index contributed by atoms with van der Waals surface area (Å²) in [5.74, 6) is 0.974. The van der Waals surface area contributed by atoms with Gasteiger partial charge in [-0.2, -0.15) is 0 Å². The summed E-state index contributed by atoms with van der Waals surface area (Å²) >= 11 is 0. The third kappa shape index (κ3) is 5.20. The second-order valence-corrected chi connectivity index (χ2v) is 7.24. The third-order valence-corrected chi connectivity index (χ3v) is 5.59. The molecule has 3 fully saturated rings. The fraction of sp³-hybridized carbons (Fsp3) is 1.00. The first-order chi connectivity index (χ1) is 10.4. The molecule has 0 atom stereocenters. The Morgan fingerprint density at radius 2 is 1.33 bits per heavy atom. The van der Waals surface area contributed by atoms with Gasteiger partial charge in [0.1, 0.15) is 0 Å². The van der Waals surface area contributed by atoms with Gasteiger partial charge in [0.05, 0.1) is 0 Å². The summed E-state index contributed by atoms with van der Waals surface area (Å²) < 4.78 is 0. The molecule has 0 aromatic heterocycles. The lowest BCUT2D eigenvalue weighted by Gasteiger charge is -2.35. The third-order valence-electron chi connectivity index (χ3n) is 5.59. The summed E-state index contributed by atoms with van der Waals surface area (Å²) in [6.45, 7) is 14.3. The van der Waals surface area contributed by atoms with E-state index in [9.17, 15) is 0 Å². The predicted octanol–water partition coefficient (Wildman–Crippen LogP) is 1.09. The average Bonchev–Trinajstić information content (AvgIpc) is 2.88. The van der Waals surface area contributed by atoms with Crippen LogP contribution in [0.2, 0.25) is 0 Å². The van der Waals surface area contributed by atoms with Crippen molar-refractivity contribution in [3.8, 4) is 0 Å². The highest BCUT2D eigenvalue weighted by Crippen LogP contribution is 2.20. The van der Waals surface area contributed by atoms with E-state index in [0.29, 0.717) is 0 Å². The van der Waals surface area contributed by atoms with Gasteiger partial charge in [-0.15, -0.1) is 0 Å². The van der Waals surface area contributed by atoms with Crippen molar-refractivity contribution in [2.45, 2.75) is 32.1 Å². The maximum Gasteiger partial charge on any atom is 0.0110 e. The first-order valence-electron chi connectivity index (χ1n) is 9.28. The average molecular weight is 294 g/mol. The molecule has 3 heterocycles. The largest absolute Gasteiger partial charge is 0.315 e. The van der Waals surface area contributed by atoms with E-state index < -0.39 is 0 Å². The molecule has 3 saturated heterocycles. The van der Waals surface area contributed by atoms with E-state index in [4.69, 9.17) is 0 Å². The molecule has 122 valence electrons. The maximum atomic E-state index is 3.50. The van der Waals surface area contributed by atoms with Gasteiger partial charge in [0.15, 0.2) is 0 Å². The summed E-state index contributed by atoms with van der Waals surface area (Å²) in [7, 11) is 0. The molecule has 0 bridgehead atoms. The van der Waals surface area contributed by atoms with Crippen LogP contribution in [0.3, 0.4) is 0 Å². The maximum absolute atomic E-state index is 3.50. The zero-order valence-electron chi connectivity index (χ0n) is 13.7. The van der Waals surface area contributed by atoms with Crippen LogP contribution in [0.25, 0.3) is 0 Å². The molecule has 4 heteroatoms. The summed E-state index contributed by atoms with van der Waals surface area (Å²) in [4.78, 5) is 8.06. The Morgan fingerprint density at radius 3 is 2.10 bits per heavy atom. The lowest BCUT2D eigenvalue weighted by atomic mass is 9.96. The van der Waals surface area contributed by atoms with Crippen molar-refractivity contribution in [1.82, 2.24) is 20.0 Å². The number of nitrogens with one attached hydrogen (secondary N) is 1. The van der Waals surface area contributed by atoms with Crippen molar-refractivity contribution in [3.05, 3.63) is 0 Å². The van der Waals surface area contributed by atoms with E-state index in [1.807, 2.05) is 0 Å². The first kappa shape index (κ1) is 15.7. The molecule has 21 heavy (non-hydrogen) atoms. The van der Waals surface area contributed by atoms with Crippen LogP contribution < -0.4 is 5.32 Å². The van der Waals surface area contributed by atoms with Gasteiger partial charge in [0, 0.05) is 32.7 Å². The van der Waals surface area contributed by atoms with Crippen LogP contribution >= 0.6 is 0 Å². The Balaban J connectivity index is 1.30. The molecule has 0 spiro atoms. The fourth-order valence-corrected chi connectivity index (χ4v) is 4.13. The molecule has 3 rings (SSSR count). The number of hydrogen-bond acceptors (Lipinski definition) is 4. The van der Waals surface area contributed by atoms with E-state index in [2.05, 4.69) is 20.0 Å². The number of hydrogen-bond donors (Lipinski definition) is 1. The number of likely N-dealkylation sites (tertiary alicyclic amines) is 2. The van der Waals surface area contributed by atoms with Crippen LogP contribution in [0.15, 0.2) is 0 Å². The summed E-state index contributed by atoms with van der Waals surface area (Å²) in [5.41, 5.74) is 0. The zero-order chi connectivity index (χ0) is 14.3. The lowest BCUT2D eigenvalue weighted by Crippen LogP contribution is -2.42. The monoisotopic (exact) mass is 294 g/mol. The lowest BCUT2D eigenvalue weighted by molar-refractivity contribution is 0.138. The summed E-state index contributed by atoms with van der Waals surface area (Å²) in [6.07, 6.45) is 7.04. The van der Waals surface area contributed by atoms with Crippen molar-refractivity contribution in [2.75, 3.05) is 72.0 Å². The van der Waals surface area contributed by atoms with Gasteiger partial charge >= 0.3 is 0 Å². The van der Waals surface area contributed by atoms with Gasteiger partial charge in [0.25, 0.3) is 0 Å². The number of nitrogens with zero attached hydrogens (tertiary/aromatic N) is 3. The fourth-order valence-electron chi connectivity index (χ4n) is 4.13. The number of piperidine rings is 1. The molecule has 0 radical (unpaired) electrons. The van der Waals surface area contributed by atoms with Crippen molar-refractivity contribution < 1.29 is 0 Å². The molecule has 0 aromatic rings. The van der Waals surface area contributed by atoms with Gasteiger partial charge in [-0.3, -0.25) is 0 Å². The molecule has 4 nitrogen and oxygen atoms in total. The normalized spacial score (nSPS) is 28.0. The van der Waals surface area contributed by atoms with Crippen molar-refractivity contribution in [1.29, 1.82) is 0 Å². The molecule has 3 aliphatic heterocycles. The highest BCUT2D eigenvalue weighted by Gasteiger charge is 2.23. The first-order valence-corrected chi connectivity index (χ1v) is 9.28. The second kappa shape index (κ2) is 8.47. The quantitative estimate of drug-likeness (QED) is 0.819. The van der Waals surface area contributed by atoms with Gasteiger partial charge in [0.2, 0.25) is 0 Å². The standard InChI is InChI=1S/C17H34N4/c1-2-9-21(8-1)16-17-4-11-20(12-5-17)15-14-19-10-3-6-18-7-13-19/h17-18H,1-16H2. The molecule has 3 aliphatic rings. The van der Waals surface area contributed by atoms with Crippen molar-refractivity contribution in [3.63, 3.8) is 0 Å². The number of rotatable bonds is 5. The Kier molecular flexibility index (Phi) is 6.34. The molecular formula is C17H34N4. The highest BCUT2D eigenvalue weighted by molar-refractivity contribution is 4.78. The summed E-state index contributed by atoms with van der Waals surface area (Å²) in [5, 5.41) is 3.50. The molecule has 0 aromatic carbocycles. The van der Waals surface area contributed by atoms with Crippen LogP contribution in [0.1, 0.15) is 32.1 Å². The van der Waals surface area contributed by atoms with Gasteiger partial charge in [-0.1, -0.05) is 0 Å². The van der Waals surface area contributed by atoms with Crippen LogP contribution in [-0.2, 0) is 0 Å². The Labute approximate surface area is 130 Å². The van der Waals surface area contributed by atoms with Crippen molar-refractivity contribution >= 4 is 0 Å². The second-order valence-electron chi connectivity index (χ2n) is 7.24. The van der Waals surface area contributed by atoms with Crippen LogP contribution in [0, 0.1) is 5.92 Å².